The van der Waals surface area contributed by atoms with Gasteiger partial charge in [-0.05, 0) is 42.7 Å². The highest BCUT2D eigenvalue weighted by Gasteiger charge is 2.13. The molecule has 2 nitrogen and oxygen atoms in total. The van der Waals surface area contributed by atoms with E-state index in [9.17, 15) is 4.39 Å². The fourth-order valence-electron chi connectivity index (χ4n) is 2.41. The normalized spacial score (nSPS) is 13.5. The van der Waals surface area contributed by atoms with E-state index in [-0.39, 0.29) is 5.82 Å². The van der Waals surface area contributed by atoms with Crippen molar-refractivity contribution in [3.63, 3.8) is 0 Å². The Morgan fingerprint density at radius 1 is 1.25 bits per heavy atom. The Hall–Kier alpha value is -1.55. The van der Waals surface area contributed by atoms with E-state index in [1.807, 2.05) is 12.1 Å². The Morgan fingerprint density at radius 3 is 3.05 bits per heavy atom. The molecule has 1 aliphatic rings. The zero-order chi connectivity index (χ0) is 13.9. The fraction of sp³-hybridized carbons (Fsp3) is 0.250. The maximum atomic E-state index is 13.3. The topological polar surface area (TPSA) is 21.3 Å². The van der Waals surface area contributed by atoms with Crippen molar-refractivity contribution in [1.82, 2.24) is 0 Å². The van der Waals surface area contributed by atoms with E-state index < -0.39 is 0 Å². The average molecular weight is 336 g/mol. The number of fused-ring (bicyclic) bond motifs is 1. The summed E-state index contributed by atoms with van der Waals surface area (Å²) in [5.41, 5.74) is 3.16. The first-order chi connectivity index (χ1) is 9.74. The Labute approximate surface area is 126 Å². The summed E-state index contributed by atoms with van der Waals surface area (Å²) in [6.45, 7) is 1.31. The molecule has 0 bridgehead atoms. The smallest absolute Gasteiger partial charge is 0.143 e. The lowest BCUT2D eigenvalue weighted by Gasteiger charge is -2.21. The van der Waals surface area contributed by atoms with Crippen molar-refractivity contribution >= 4 is 21.6 Å². The SMILES string of the molecule is Fc1ccc(Br)c(COc2cccc3c2NCCC3)c1. The minimum Gasteiger partial charge on any atom is -0.487 e. The maximum absolute atomic E-state index is 13.3. The van der Waals surface area contributed by atoms with Crippen LogP contribution in [0.5, 0.6) is 5.75 Å². The standard InChI is InChI=1S/C16H15BrFNO/c17-14-7-6-13(18)9-12(14)10-20-15-5-1-3-11-4-2-8-19-16(11)15/h1,3,5-7,9,19H,2,4,8,10H2. The highest BCUT2D eigenvalue weighted by atomic mass is 79.9. The summed E-state index contributed by atoms with van der Waals surface area (Å²) in [5, 5.41) is 3.38. The van der Waals surface area contributed by atoms with Crippen LogP contribution in [-0.2, 0) is 13.0 Å². The summed E-state index contributed by atoms with van der Waals surface area (Å²) in [5.74, 6) is 0.582. The molecule has 0 spiro atoms. The van der Waals surface area contributed by atoms with Crippen LogP contribution in [0.15, 0.2) is 40.9 Å². The van der Waals surface area contributed by atoms with Crippen molar-refractivity contribution < 1.29 is 9.13 Å². The first-order valence-electron chi connectivity index (χ1n) is 6.66. The van der Waals surface area contributed by atoms with Crippen molar-refractivity contribution in [1.29, 1.82) is 0 Å². The second-order valence-corrected chi connectivity index (χ2v) is 5.70. The van der Waals surface area contributed by atoms with Gasteiger partial charge in [-0.25, -0.2) is 4.39 Å². The predicted molar refractivity (Wildman–Crippen MR) is 81.7 cm³/mol. The van der Waals surface area contributed by atoms with Crippen LogP contribution in [0.3, 0.4) is 0 Å². The number of benzene rings is 2. The minimum absolute atomic E-state index is 0.250. The highest BCUT2D eigenvalue weighted by molar-refractivity contribution is 9.10. The van der Waals surface area contributed by atoms with Gasteiger partial charge in [0.1, 0.15) is 18.2 Å². The van der Waals surface area contributed by atoms with Crippen LogP contribution in [0.2, 0.25) is 0 Å². The van der Waals surface area contributed by atoms with E-state index in [0.717, 1.165) is 40.9 Å². The fourth-order valence-corrected chi connectivity index (χ4v) is 2.77. The number of para-hydroxylation sites is 1. The van der Waals surface area contributed by atoms with Gasteiger partial charge in [0, 0.05) is 16.6 Å². The number of aryl methyl sites for hydroxylation is 1. The summed E-state index contributed by atoms with van der Waals surface area (Å²) in [6, 6.07) is 10.7. The molecule has 0 saturated carbocycles. The van der Waals surface area contributed by atoms with Gasteiger partial charge in [0.05, 0.1) is 5.69 Å². The molecule has 104 valence electrons. The molecule has 0 aromatic heterocycles. The molecule has 1 N–H and O–H groups in total. The van der Waals surface area contributed by atoms with Crippen molar-refractivity contribution in [2.24, 2.45) is 0 Å². The molecule has 0 saturated heterocycles. The molecule has 4 heteroatoms. The molecule has 2 aromatic rings. The number of halogens is 2. The zero-order valence-corrected chi connectivity index (χ0v) is 12.5. The van der Waals surface area contributed by atoms with Crippen molar-refractivity contribution in [2.45, 2.75) is 19.4 Å². The van der Waals surface area contributed by atoms with Crippen LogP contribution in [0, 0.1) is 5.82 Å². The molecule has 0 unspecified atom stereocenters. The molecule has 2 aromatic carbocycles. The molecular weight excluding hydrogens is 321 g/mol. The van der Waals surface area contributed by atoms with Crippen molar-refractivity contribution in [3.05, 3.63) is 57.8 Å². The Bertz CT molecular complexity index is 630. The first kappa shape index (κ1) is 13.4. The van der Waals surface area contributed by atoms with Crippen molar-refractivity contribution in [3.8, 4) is 5.75 Å². The molecule has 0 amide bonds. The second-order valence-electron chi connectivity index (χ2n) is 4.85. The van der Waals surface area contributed by atoms with E-state index in [4.69, 9.17) is 4.74 Å². The van der Waals surface area contributed by atoms with Gasteiger partial charge in [-0.1, -0.05) is 28.1 Å². The largest absolute Gasteiger partial charge is 0.487 e. The Balaban J connectivity index is 1.80. The van der Waals surface area contributed by atoms with Gasteiger partial charge < -0.3 is 10.1 Å². The Kier molecular flexibility index (Phi) is 3.92. The quantitative estimate of drug-likeness (QED) is 0.889. The molecule has 0 aliphatic carbocycles. The summed E-state index contributed by atoms with van der Waals surface area (Å²) in [6.07, 6.45) is 2.22. The van der Waals surface area contributed by atoms with Crippen LogP contribution in [-0.4, -0.2) is 6.54 Å². The molecule has 1 heterocycles. The molecule has 20 heavy (non-hydrogen) atoms. The molecule has 3 rings (SSSR count). The van der Waals surface area contributed by atoms with Crippen LogP contribution >= 0.6 is 15.9 Å². The number of hydrogen-bond acceptors (Lipinski definition) is 2. The lowest BCUT2D eigenvalue weighted by Crippen LogP contribution is -2.13. The zero-order valence-electron chi connectivity index (χ0n) is 11.0. The number of rotatable bonds is 3. The molecular formula is C16H15BrFNO. The monoisotopic (exact) mass is 335 g/mol. The Morgan fingerprint density at radius 2 is 2.15 bits per heavy atom. The summed E-state index contributed by atoms with van der Waals surface area (Å²) >= 11 is 3.42. The minimum atomic E-state index is -0.250. The predicted octanol–water partition coefficient (Wildman–Crippen LogP) is 4.53. The second kappa shape index (κ2) is 5.83. The molecule has 0 radical (unpaired) electrons. The van der Waals surface area contributed by atoms with Gasteiger partial charge in [-0.15, -0.1) is 0 Å². The highest BCUT2D eigenvalue weighted by Crippen LogP contribution is 2.33. The third kappa shape index (κ3) is 2.80. The van der Waals surface area contributed by atoms with E-state index in [1.54, 1.807) is 6.07 Å². The van der Waals surface area contributed by atoms with Crippen LogP contribution in [0.4, 0.5) is 10.1 Å². The molecule has 0 atom stereocenters. The van der Waals surface area contributed by atoms with E-state index in [2.05, 4.69) is 27.3 Å². The third-order valence-electron chi connectivity index (χ3n) is 3.43. The van der Waals surface area contributed by atoms with Gasteiger partial charge >= 0.3 is 0 Å². The lowest BCUT2D eigenvalue weighted by molar-refractivity contribution is 0.305. The maximum Gasteiger partial charge on any atom is 0.143 e. The summed E-state index contributed by atoms with van der Waals surface area (Å²) < 4.78 is 20.0. The van der Waals surface area contributed by atoms with Gasteiger partial charge in [-0.3, -0.25) is 0 Å². The van der Waals surface area contributed by atoms with Crippen LogP contribution < -0.4 is 10.1 Å². The first-order valence-corrected chi connectivity index (χ1v) is 7.46. The number of nitrogens with one attached hydrogen (secondary N) is 1. The van der Waals surface area contributed by atoms with E-state index in [1.165, 1.54) is 17.7 Å². The number of ether oxygens (including phenoxy) is 1. The molecule has 0 fully saturated rings. The van der Waals surface area contributed by atoms with Gasteiger partial charge in [0.15, 0.2) is 0 Å². The van der Waals surface area contributed by atoms with E-state index >= 15 is 0 Å². The van der Waals surface area contributed by atoms with Crippen LogP contribution in [0.25, 0.3) is 0 Å². The van der Waals surface area contributed by atoms with Gasteiger partial charge in [0.2, 0.25) is 0 Å². The van der Waals surface area contributed by atoms with Crippen molar-refractivity contribution in [2.75, 3.05) is 11.9 Å². The summed E-state index contributed by atoms with van der Waals surface area (Å²) in [4.78, 5) is 0. The summed E-state index contributed by atoms with van der Waals surface area (Å²) in [7, 11) is 0. The van der Waals surface area contributed by atoms with Gasteiger partial charge in [-0.2, -0.15) is 0 Å². The average Bonchev–Trinajstić information content (AvgIpc) is 2.48. The lowest BCUT2D eigenvalue weighted by atomic mass is 10.0. The van der Waals surface area contributed by atoms with Crippen LogP contribution in [0.1, 0.15) is 17.5 Å². The van der Waals surface area contributed by atoms with E-state index in [0.29, 0.717) is 6.61 Å². The van der Waals surface area contributed by atoms with Gasteiger partial charge in [0.25, 0.3) is 0 Å². The molecule has 1 aliphatic heterocycles. The third-order valence-corrected chi connectivity index (χ3v) is 4.20. The number of anilines is 1. The number of hydrogen-bond donors (Lipinski definition) is 1.